The van der Waals surface area contributed by atoms with E-state index in [1.165, 1.54) is 6.42 Å². The standard InChI is InChI=1S/C15H20ClNO3/c16-11-6-10(7-12-13(11)20-9-19-12)14(18)15(8-17)4-2-1-3-5-15/h6-7,14,18H,1-5,8-9,17H2. The van der Waals surface area contributed by atoms with E-state index in [1.54, 1.807) is 6.07 Å². The molecule has 1 atom stereocenters. The Hall–Kier alpha value is -0.970. The van der Waals surface area contributed by atoms with E-state index in [1.807, 2.05) is 6.07 Å². The Bertz CT molecular complexity index is 500. The van der Waals surface area contributed by atoms with Crippen molar-refractivity contribution in [3.05, 3.63) is 22.7 Å². The zero-order valence-electron chi connectivity index (χ0n) is 11.4. The summed E-state index contributed by atoms with van der Waals surface area (Å²) < 4.78 is 10.7. The molecule has 3 N–H and O–H groups in total. The average Bonchev–Trinajstić information content (AvgIpc) is 2.96. The van der Waals surface area contributed by atoms with Crippen LogP contribution in [0.1, 0.15) is 43.8 Å². The second-order valence-electron chi connectivity index (χ2n) is 5.77. The second kappa shape index (κ2) is 5.43. The van der Waals surface area contributed by atoms with Crippen LogP contribution in [0.3, 0.4) is 0 Å². The first-order valence-electron chi connectivity index (χ1n) is 7.13. The van der Waals surface area contributed by atoms with E-state index in [0.29, 0.717) is 23.1 Å². The molecule has 1 saturated carbocycles. The molecule has 1 unspecified atom stereocenters. The molecule has 0 bridgehead atoms. The molecular formula is C15H20ClNO3. The molecular weight excluding hydrogens is 278 g/mol. The number of nitrogens with two attached hydrogens (primary N) is 1. The van der Waals surface area contributed by atoms with Gasteiger partial charge in [-0.2, -0.15) is 0 Å². The first-order chi connectivity index (χ1) is 9.66. The predicted molar refractivity (Wildman–Crippen MR) is 77.1 cm³/mol. The number of rotatable bonds is 3. The molecule has 0 saturated heterocycles. The second-order valence-corrected chi connectivity index (χ2v) is 6.17. The molecule has 0 spiro atoms. The Balaban J connectivity index is 1.93. The SMILES string of the molecule is NCC1(C(O)c2cc(Cl)c3c(c2)OCO3)CCCCC1. The van der Waals surface area contributed by atoms with Gasteiger partial charge in [-0.15, -0.1) is 0 Å². The van der Waals surface area contributed by atoms with Crippen LogP contribution in [0.15, 0.2) is 12.1 Å². The topological polar surface area (TPSA) is 64.7 Å². The van der Waals surface area contributed by atoms with Gasteiger partial charge in [-0.25, -0.2) is 0 Å². The van der Waals surface area contributed by atoms with Crippen molar-refractivity contribution in [1.82, 2.24) is 0 Å². The molecule has 110 valence electrons. The van der Waals surface area contributed by atoms with E-state index in [9.17, 15) is 5.11 Å². The van der Waals surface area contributed by atoms with Crippen LogP contribution in [0, 0.1) is 5.41 Å². The summed E-state index contributed by atoms with van der Waals surface area (Å²) in [6.07, 6.45) is 4.75. The molecule has 5 heteroatoms. The monoisotopic (exact) mass is 297 g/mol. The molecule has 2 aliphatic rings. The van der Waals surface area contributed by atoms with Crippen LogP contribution in [0.4, 0.5) is 0 Å². The molecule has 3 rings (SSSR count). The van der Waals surface area contributed by atoms with Gasteiger partial charge in [-0.3, -0.25) is 0 Å². The maximum absolute atomic E-state index is 10.8. The van der Waals surface area contributed by atoms with Crippen molar-refractivity contribution in [2.45, 2.75) is 38.2 Å². The van der Waals surface area contributed by atoms with Crippen LogP contribution >= 0.6 is 11.6 Å². The quantitative estimate of drug-likeness (QED) is 0.900. The van der Waals surface area contributed by atoms with Gasteiger partial charge in [0.05, 0.1) is 11.1 Å². The van der Waals surface area contributed by atoms with Crippen molar-refractivity contribution < 1.29 is 14.6 Å². The number of hydrogen-bond acceptors (Lipinski definition) is 4. The van der Waals surface area contributed by atoms with E-state index < -0.39 is 6.10 Å². The first-order valence-corrected chi connectivity index (χ1v) is 7.51. The van der Waals surface area contributed by atoms with Gasteiger partial charge in [0.25, 0.3) is 0 Å². The van der Waals surface area contributed by atoms with Crippen LogP contribution in [0.25, 0.3) is 0 Å². The fourth-order valence-electron chi connectivity index (χ4n) is 3.34. The lowest BCUT2D eigenvalue weighted by Gasteiger charge is -2.40. The summed E-state index contributed by atoms with van der Waals surface area (Å²) in [5.74, 6) is 1.17. The number of aliphatic hydroxyl groups excluding tert-OH is 1. The first kappa shape index (κ1) is 14.0. The fraction of sp³-hybridized carbons (Fsp3) is 0.600. The minimum absolute atomic E-state index is 0.177. The van der Waals surface area contributed by atoms with Gasteiger partial charge < -0.3 is 20.3 Å². The van der Waals surface area contributed by atoms with Gasteiger partial charge in [0.15, 0.2) is 11.5 Å². The van der Waals surface area contributed by atoms with E-state index >= 15 is 0 Å². The highest BCUT2D eigenvalue weighted by Crippen LogP contribution is 2.48. The molecule has 0 amide bonds. The van der Waals surface area contributed by atoms with Gasteiger partial charge in [0, 0.05) is 12.0 Å². The third-order valence-corrected chi connectivity index (χ3v) is 4.88. The number of aliphatic hydroxyl groups is 1. The van der Waals surface area contributed by atoms with Gasteiger partial charge >= 0.3 is 0 Å². The van der Waals surface area contributed by atoms with E-state index in [0.717, 1.165) is 31.2 Å². The molecule has 1 aliphatic carbocycles. The minimum atomic E-state index is -0.611. The number of hydrogen-bond donors (Lipinski definition) is 2. The minimum Gasteiger partial charge on any atom is -0.454 e. The molecule has 20 heavy (non-hydrogen) atoms. The molecule has 0 radical (unpaired) electrons. The summed E-state index contributed by atoms with van der Waals surface area (Å²) in [6.45, 7) is 0.664. The zero-order chi connectivity index (χ0) is 14.2. The molecule has 0 aromatic heterocycles. The Morgan fingerprint density at radius 3 is 2.70 bits per heavy atom. The van der Waals surface area contributed by atoms with Crippen LogP contribution in [0.5, 0.6) is 11.5 Å². The number of fused-ring (bicyclic) bond motifs is 1. The summed E-state index contributed by atoms with van der Waals surface area (Å²) in [7, 11) is 0. The highest BCUT2D eigenvalue weighted by Gasteiger charge is 2.39. The normalized spacial score (nSPS) is 21.8. The van der Waals surface area contributed by atoms with Crippen molar-refractivity contribution in [1.29, 1.82) is 0 Å². The maximum Gasteiger partial charge on any atom is 0.231 e. The van der Waals surface area contributed by atoms with Crippen LogP contribution in [-0.4, -0.2) is 18.4 Å². The Morgan fingerprint density at radius 1 is 1.25 bits per heavy atom. The van der Waals surface area contributed by atoms with Gasteiger partial charge in [-0.05, 0) is 30.5 Å². The van der Waals surface area contributed by atoms with Crippen molar-refractivity contribution in [3.63, 3.8) is 0 Å². The van der Waals surface area contributed by atoms with Crippen LogP contribution in [0.2, 0.25) is 5.02 Å². The Labute approximate surface area is 123 Å². The fourth-order valence-corrected chi connectivity index (χ4v) is 3.62. The highest BCUT2D eigenvalue weighted by molar-refractivity contribution is 6.32. The number of ether oxygens (including phenoxy) is 2. The van der Waals surface area contributed by atoms with Crippen molar-refractivity contribution in [2.75, 3.05) is 13.3 Å². The van der Waals surface area contributed by atoms with Crippen molar-refractivity contribution in [3.8, 4) is 11.5 Å². The van der Waals surface area contributed by atoms with Gasteiger partial charge in [0.2, 0.25) is 6.79 Å². The Kier molecular flexibility index (Phi) is 3.80. The van der Waals surface area contributed by atoms with E-state index in [2.05, 4.69) is 0 Å². The predicted octanol–water partition coefficient (Wildman–Crippen LogP) is 3.01. The lowest BCUT2D eigenvalue weighted by atomic mass is 9.68. The third kappa shape index (κ3) is 2.26. The summed E-state index contributed by atoms with van der Waals surface area (Å²) in [4.78, 5) is 0. The van der Waals surface area contributed by atoms with Gasteiger partial charge in [0.1, 0.15) is 0 Å². The van der Waals surface area contributed by atoms with Crippen LogP contribution in [-0.2, 0) is 0 Å². The van der Waals surface area contributed by atoms with Crippen LogP contribution < -0.4 is 15.2 Å². The summed E-state index contributed by atoms with van der Waals surface area (Å²) in [5.41, 5.74) is 6.51. The van der Waals surface area contributed by atoms with Gasteiger partial charge in [-0.1, -0.05) is 30.9 Å². The molecule has 1 heterocycles. The lowest BCUT2D eigenvalue weighted by molar-refractivity contribution is 0.000603. The third-order valence-electron chi connectivity index (χ3n) is 4.60. The average molecular weight is 298 g/mol. The summed E-state index contributed by atoms with van der Waals surface area (Å²) >= 11 is 6.20. The number of halogens is 1. The zero-order valence-corrected chi connectivity index (χ0v) is 12.2. The van der Waals surface area contributed by atoms with Crippen molar-refractivity contribution in [2.24, 2.45) is 11.1 Å². The smallest absolute Gasteiger partial charge is 0.231 e. The summed E-state index contributed by atoms with van der Waals surface area (Å²) in [5, 5.41) is 11.3. The lowest BCUT2D eigenvalue weighted by Crippen LogP contribution is -2.38. The van der Waals surface area contributed by atoms with Crippen molar-refractivity contribution >= 4 is 11.6 Å². The van der Waals surface area contributed by atoms with E-state index in [-0.39, 0.29) is 12.2 Å². The molecule has 1 aromatic carbocycles. The molecule has 1 aromatic rings. The molecule has 1 aliphatic heterocycles. The molecule has 1 fully saturated rings. The maximum atomic E-state index is 10.8. The number of benzene rings is 1. The Morgan fingerprint density at radius 2 is 2.00 bits per heavy atom. The van der Waals surface area contributed by atoms with E-state index in [4.69, 9.17) is 26.8 Å². The largest absolute Gasteiger partial charge is 0.454 e. The molecule has 4 nitrogen and oxygen atoms in total. The highest BCUT2D eigenvalue weighted by atomic mass is 35.5. The summed E-state index contributed by atoms with van der Waals surface area (Å²) in [6, 6.07) is 3.59.